The molecule has 1 atom stereocenters. The van der Waals surface area contributed by atoms with E-state index >= 15 is 0 Å². The van der Waals surface area contributed by atoms with Gasteiger partial charge in [0.05, 0.1) is 6.04 Å². The molecule has 0 bridgehead atoms. The zero-order valence-corrected chi connectivity index (χ0v) is 12.1. The molecule has 2 aromatic rings. The van der Waals surface area contributed by atoms with Crippen LogP contribution in [0.4, 0.5) is 0 Å². The highest BCUT2D eigenvalue weighted by atomic mass is 32.1. The van der Waals surface area contributed by atoms with Crippen LogP contribution in [0.2, 0.25) is 0 Å². The third kappa shape index (κ3) is 2.82. The molecule has 3 heterocycles. The second kappa shape index (κ2) is 5.69. The lowest BCUT2D eigenvalue weighted by Crippen LogP contribution is -2.37. The van der Waals surface area contributed by atoms with Crippen LogP contribution < -0.4 is 11.2 Å². The summed E-state index contributed by atoms with van der Waals surface area (Å²) in [6.07, 6.45) is 3.27. The Kier molecular flexibility index (Phi) is 3.74. The zero-order valence-electron chi connectivity index (χ0n) is 11.3. The Morgan fingerprint density at radius 1 is 1.38 bits per heavy atom. The van der Waals surface area contributed by atoms with Crippen LogP contribution in [0.3, 0.4) is 0 Å². The van der Waals surface area contributed by atoms with Crippen LogP contribution in [-0.4, -0.2) is 26.9 Å². The van der Waals surface area contributed by atoms with E-state index in [1.54, 1.807) is 11.3 Å². The van der Waals surface area contributed by atoms with Crippen LogP contribution in [0.5, 0.6) is 0 Å². The third-order valence-electron chi connectivity index (χ3n) is 3.65. The predicted molar refractivity (Wildman–Crippen MR) is 79.3 cm³/mol. The van der Waals surface area contributed by atoms with E-state index in [0.29, 0.717) is 6.54 Å². The van der Waals surface area contributed by atoms with Crippen molar-refractivity contribution in [2.24, 2.45) is 0 Å². The Morgan fingerprint density at radius 2 is 2.24 bits per heavy atom. The zero-order chi connectivity index (χ0) is 14.8. The van der Waals surface area contributed by atoms with Gasteiger partial charge in [0, 0.05) is 23.7 Å². The summed E-state index contributed by atoms with van der Waals surface area (Å²) in [5.41, 5.74) is -1.01. The van der Waals surface area contributed by atoms with Gasteiger partial charge in [-0.3, -0.25) is 19.1 Å². The van der Waals surface area contributed by atoms with Crippen molar-refractivity contribution in [2.45, 2.75) is 25.4 Å². The molecule has 0 aliphatic carbocycles. The van der Waals surface area contributed by atoms with Gasteiger partial charge in [-0.1, -0.05) is 6.07 Å². The second-order valence-corrected chi connectivity index (χ2v) is 5.98. The van der Waals surface area contributed by atoms with Crippen molar-refractivity contribution in [1.82, 2.24) is 14.5 Å². The van der Waals surface area contributed by atoms with E-state index in [1.165, 1.54) is 21.7 Å². The first kappa shape index (κ1) is 13.8. The fourth-order valence-electron chi connectivity index (χ4n) is 2.65. The molecular weight excluding hydrogens is 290 g/mol. The SMILES string of the molecule is O=C(Cn1ccc(=O)[nH]c1=O)N1CCCC1c1cccs1. The topological polar surface area (TPSA) is 75.2 Å². The average Bonchev–Trinajstić information content (AvgIpc) is 3.10. The van der Waals surface area contributed by atoms with Crippen LogP contribution >= 0.6 is 11.3 Å². The molecule has 0 radical (unpaired) electrons. The third-order valence-corrected chi connectivity index (χ3v) is 4.62. The highest BCUT2D eigenvalue weighted by Crippen LogP contribution is 2.34. The van der Waals surface area contributed by atoms with Crippen LogP contribution in [0, 0.1) is 0 Å². The van der Waals surface area contributed by atoms with Gasteiger partial charge < -0.3 is 4.90 Å². The maximum atomic E-state index is 12.4. The van der Waals surface area contributed by atoms with E-state index in [9.17, 15) is 14.4 Å². The van der Waals surface area contributed by atoms with E-state index in [0.717, 1.165) is 12.8 Å². The van der Waals surface area contributed by atoms with E-state index in [1.807, 2.05) is 22.4 Å². The Hall–Kier alpha value is -2.15. The van der Waals surface area contributed by atoms with E-state index in [2.05, 4.69) is 4.98 Å². The number of H-pyrrole nitrogens is 1. The van der Waals surface area contributed by atoms with Crippen molar-refractivity contribution in [2.75, 3.05) is 6.54 Å². The summed E-state index contributed by atoms with van der Waals surface area (Å²) < 4.78 is 1.23. The standard InChI is InChI=1S/C14H15N3O3S/c18-12-5-7-16(14(20)15-12)9-13(19)17-6-1-3-10(17)11-4-2-8-21-11/h2,4-5,7-8,10H,1,3,6,9H2,(H,15,18,20). The van der Waals surface area contributed by atoms with Crippen molar-refractivity contribution < 1.29 is 4.79 Å². The van der Waals surface area contributed by atoms with Crippen molar-refractivity contribution >= 4 is 17.2 Å². The number of carbonyl (C=O) groups excluding carboxylic acids is 1. The molecule has 6 nitrogen and oxygen atoms in total. The first-order chi connectivity index (χ1) is 10.1. The maximum absolute atomic E-state index is 12.4. The number of carbonyl (C=O) groups is 1. The van der Waals surface area contributed by atoms with Crippen molar-refractivity contribution in [1.29, 1.82) is 0 Å². The molecule has 1 saturated heterocycles. The van der Waals surface area contributed by atoms with Gasteiger partial charge in [0.25, 0.3) is 5.56 Å². The molecule has 2 aromatic heterocycles. The molecule has 0 aromatic carbocycles. The van der Waals surface area contributed by atoms with E-state index < -0.39 is 11.2 Å². The van der Waals surface area contributed by atoms with Gasteiger partial charge in [0.2, 0.25) is 5.91 Å². The predicted octanol–water partition coefficient (Wildman–Crippen LogP) is 0.962. The van der Waals surface area contributed by atoms with Crippen molar-refractivity contribution in [3.05, 3.63) is 55.5 Å². The largest absolute Gasteiger partial charge is 0.333 e. The summed E-state index contributed by atoms with van der Waals surface area (Å²) in [6, 6.07) is 5.37. The molecule has 1 amide bonds. The van der Waals surface area contributed by atoms with Crippen molar-refractivity contribution in [3.8, 4) is 0 Å². The van der Waals surface area contributed by atoms with Crippen molar-refractivity contribution in [3.63, 3.8) is 0 Å². The number of aromatic nitrogens is 2. The smallest absolute Gasteiger partial charge is 0.328 e. The maximum Gasteiger partial charge on any atom is 0.328 e. The number of nitrogens with one attached hydrogen (secondary N) is 1. The summed E-state index contributed by atoms with van der Waals surface area (Å²) in [5, 5.41) is 2.00. The van der Waals surface area contributed by atoms with Gasteiger partial charge in [-0.25, -0.2) is 4.79 Å². The summed E-state index contributed by atoms with van der Waals surface area (Å²) in [4.78, 5) is 40.3. The lowest BCUT2D eigenvalue weighted by atomic mass is 10.2. The van der Waals surface area contributed by atoms with Gasteiger partial charge in [-0.05, 0) is 24.3 Å². The van der Waals surface area contributed by atoms with E-state index in [-0.39, 0.29) is 18.5 Å². The van der Waals surface area contributed by atoms with Gasteiger partial charge in [-0.15, -0.1) is 11.3 Å². The summed E-state index contributed by atoms with van der Waals surface area (Å²) in [5.74, 6) is -0.0972. The first-order valence-corrected chi connectivity index (χ1v) is 7.66. The molecule has 3 rings (SSSR count). The monoisotopic (exact) mass is 305 g/mol. The Bertz CT molecular complexity index is 747. The van der Waals surface area contributed by atoms with Crippen LogP contribution in [0.1, 0.15) is 23.8 Å². The van der Waals surface area contributed by atoms with Gasteiger partial charge in [0.15, 0.2) is 0 Å². The number of likely N-dealkylation sites (tertiary alicyclic amines) is 1. The minimum atomic E-state index is -0.553. The molecular formula is C14H15N3O3S. The molecule has 1 aliphatic heterocycles. The van der Waals surface area contributed by atoms with Gasteiger partial charge >= 0.3 is 5.69 Å². The van der Waals surface area contributed by atoms with E-state index in [4.69, 9.17) is 0 Å². The van der Waals surface area contributed by atoms with Gasteiger partial charge in [0.1, 0.15) is 6.54 Å². The summed E-state index contributed by atoms with van der Waals surface area (Å²) >= 11 is 1.64. The Labute approximate surface area is 124 Å². The molecule has 1 fully saturated rings. The number of rotatable bonds is 3. The molecule has 0 spiro atoms. The summed E-state index contributed by atoms with van der Waals surface area (Å²) in [6.45, 7) is 0.664. The quantitative estimate of drug-likeness (QED) is 0.918. The fraction of sp³-hybridized carbons (Fsp3) is 0.357. The minimum absolute atomic E-state index is 0.0442. The number of nitrogens with zero attached hydrogens (tertiary/aromatic N) is 2. The molecule has 1 unspecified atom stereocenters. The number of hydrogen-bond acceptors (Lipinski definition) is 4. The number of amides is 1. The fourth-order valence-corrected chi connectivity index (χ4v) is 3.52. The first-order valence-electron chi connectivity index (χ1n) is 6.78. The van der Waals surface area contributed by atoms with Crippen LogP contribution in [-0.2, 0) is 11.3 Å². The highest BCUT2D eigenvalue weighted by Gasteiger charge is 2.30. The minimum Gasteiger partial charge on any atom is -0.333 e. The van der Waals surface area contributed by atoms with Crippen LogP contribution in [0.15, 0.2) is 39.4 Å². The normalized spacial score (nSPS) is 18.1. The molecule has 1 N–H and O–H groups in total. The van der Waals surface area contributed by atoms with Crippen LogP contribution in [0.25, 0.3) is 0 Å². The number of aromatic amines is 1. The number of hydrogen-bond donors (Lipinski definition) is 1. The molecule has 110 valence electrons. The molecule has 21 heavy (non-hydrogen) atoms. The number of thiophene rings is 1. The Morgan fingerprint density at radius 3 is 2.95 bits per heavy atom. The average molecular weight is 305 g/mol. The molecule has 0 saturated carbocycles. The second-order valence-electron chi connectivity index (χ2n) is 5.00. The lowest BCUT2D eigenvalue weighted by molar-refractivity contribution is -0.132. The Balaban J connectivity index is 1.78. The molecule has 1 aliphatic rings. The highest BCUT2D eigenvalue weighted by molar-refractivity contribution is 7.10. The lowest BCUT2D eigenvalue weighted by Gasteiger charge is -2.24. The summed E-state index contributed by atoms with van der Waals surface area (Å²) in [7, 11) is 0. The van der Waals surface area contributed by atoms with Gasteiger partial charge in [-0.2, -0.15) is 0 Å². The molecule has 7 heteroatoms.